The van der Waals surface area contributed by atoms with E-state index in [0.29, 0.717) is 25.8 Å². The Bertz CT molecular complexity index is 1020. The van der Waals surface area contributed by atoms with Crippen molar-refractivity contribution in [2.45, 2.75) is 64.6 Å². The minimum absolute atomic E-state index is 0.0691. The first-order chi connectivity index (χ1) is 16.8. The van der Waals surface area contributed by atoms with Crippen LogP contribution < -0.4 is 16.0 Å². The van der Waals surface area contributed by atoms with Crippen LogP contribution in [0.1, 0.15) is 49.2 Å². The molecule has 1 aromatic heterocycles. The third-order valence-corrected chi connectivity index (χ3v) is 6.45. The van der Waals surface area contributed by atoms with Crippen molar-refractivity contribution in [3.05, 3.63) is 52.5 Å². The molecule has 188 valence electrons. The van der Waals surface area contributed by atoms with Crippen LogP contribution in [-0.2, 0) is 38.6 Å². The molecule has 10 heteroatoms. The van der Waals surface area contributed by atoms with Crippen LogP contribution in [0.5, 0.6) is 0 Å². The molecule has 1 aliphatic rings. The summed E-state index contributed by atoms with van der Waals surface area (Å²) >= 11 is 1.41. The van der Waals surface area contributed by atoms with Gasteiger partial charge in [-0.05, 0) is 61.2 Å². The average Bonchev–Trinajstić information content (AvgIpc) is 3.29. The molecule has 0 aliphatic carbocycles. The number of Topliss-reactive ketones (excluding diaryl/α,β-unsaturated/α-hetero) is 1. The molecule has 3 amide bonds. The number of hydrogen-bond donors (Lipinski definition) is 3. The molecular weight excluding hydrogens is 468 g/mol. The van der Waals surface area contributed by atoms with Gasteiger partial charge in [0.05, 0.1) is 11.7 Å². The lowest BCUT2D eigenvalue weighted by Gasteiger charge is -2.23. The molecule has 2 unspecified atom stereocenters. The first kappa shape index (κ1) is 26.3. The second-order valence-electron chi connectivity index (χ2n) is 9.00. The summed E-state index contributed by atoms with van der Waals surface area (Å²) in [5, 5.41) is 7.93. The van der Waals surface area contributed by atoms with E-state index in [2.05, 4.69) is 20.3 Å². The predicted molar refractivity (Wildman–Crippen MR) is 132 cm³/mol. The second-order valence-corrected chi connectivity index (χ2v) is 9.89. The van der Waals surface area contributed by atoms with Crippen molar-refractivity contribution < 1.29 is 23.9 Å². The fraction of sp³-hybridized carbons (Fsp3) is 0.480. The molecule has 0 spiro atoms. The molecule has 3 N–H and O–H groups in total. The largest absolute Gasteiger partial charge is 0.445 e. The van der Waals surface area contributed by atoms with Crippen LogP contribution in [0.3, 0.4) is 0 Å². The van der Waals surface area contributed by atoms with E-state index in [9.17, 15) is 19.2 Å². The van der Waals surface area contributed by atoms with E-state index in [-0.39, 0.29) is 18.9 Å². The summed E-state index contributed by atoms with van der Waals surface area (Å²) in [6, 6.07) is 9.27. The molecule has 35 heavy (non-hydrogen) atoms. The van der Waals surface area contributed by atoms with E-state index in [1.807, 2.05) is 50.2 Å². The van der Waals surface area contributed by atoms with Gasteiger partial charge >= 0.3 is 6.09 Å². The molecule has 1 aliphatic heterocycles. The fourth-order valence-corrected chi connectivity index (χ4v) is 4.55. The van der Waals surface area contributed by atoms with Gasteiger partial charge in [0.1, 0.15) is 12.6 Å². The summed E-state index contributed by atoms with van der Waals surface area (Å²) in [4.78, 5) is 51.9. The van der Waals surface area contributed by atoms with Gasteiger partial charge in [-0.3, -0.25) is 14.4 Å². The molecule has 2 heterocycles. The summed E-state index contributed by atoms with van der Waals surface area (Å²) in [5.74, 6) is -1.87. The average molecular weight is 501 g/mol. The molecule has 2 aromatic rings. The number of fused-ring (bicyclic) bond motifs is 2. The molecule has 0 saturated heterocycles. The lowest BCUT2D eigenvalue weighted by atomic mass is 10.0. The molecule has 2 bridgehead atoms. The normalized spacial score (nSPS) is 17.5. The lowest BCUT2D eigenvalue weighted by Crippen LogP contribution is -2.54. The number of nitrogens with one attached hydrogen (secondary N) is 3. The molecule has 0 fully saturated rings. The van der Waals surface area contributed by atoms with Crippen molar-refractivity contribution in [1.29, 1.82) is 0 Å². The van der Waals surface area contributed by atoms with Crippen LogP contribution >= 0.6 is 11.5 Å². The highest BCUT2D eigenvalue weighted by atomic mass is 32.1. The van der Waals surface area contributed by atoms with Gasteiger partial charge in [0.2, 0.25) is 11.7 Å². The highest BCUT2D eigenvalue weighted by Gasteiger charge is 2.31. The maximum Gasteiger partial charge on any atom is 0.408 e. The Kier molecular flexibility index (Phi) is 9.77. The monoisotopic (exact) mass is 500 g/mol. The van der Waals surface area contributed by atoms with Crippen LogP contribution in [0, 0.1) is 5.92 Å². The van der Waals surface area contributed by atoms with Crippen molar-refractivity contribution in [2.24, 2.45) is 5.92 Å². The van der Waals surface area contributed by atoms with Gasteiger partial charge in [-0.2, -0.15) is 4.37 Å². The van der Waals surface area contributed by atoms with E-state index < -0.39 is 35.8 Å². The minimum Gasteiger partial charge on any atom is -0.445 e. The molecule has 0 radical (unpaired) electrons. The summed E-state index contributed by atoms with van der Waals surface area (Å²) in [7, 11) is 0. The highest BCUT2D eigenvalue weighted by Crippen LogP contribution is 2.16. The molecule has 3 rings (SSSR count). The first-order valence-corrected chi connectivity index (χ1v) is 12.6. The SMILES string of the molecule is CC(C)CC(NC(=O)OCc1ccccc1)C(=O)NC1CCc2cc(sn2)CCCNC(=O)C1=O. The van der Waals surface area contributed by atoms with Gasteiger partial charge in [-0.1, -0.05) is 44.2 Å². The summed E-state index contributed by atoms with van der Waals surface area (Å²) in [6.07, 6.45) is 1.77. The van der Waals surface area contributed by atoms with Gasteiger partial charge in [-0.25, -0.2) is 4.79 Å². The highest BCUT2D eigenvalue weighted by molar-refractivity contribution is 7.05. The summed E-state index contributed by atoms with van der Waals surface area (Å²) in [5.41, 5.74) is 1.65. The number of carbonyl (C=O) groups excluding carboxylic acids is 4. The zero-order valence-corrected chi connectivity index (χ0v) is 20.9. The Hall–Kier alpha value is -3.27. The third-order valence-electron chi connectivity index (χ3n) is 5.57. The van der Waals surface area contributed by atoms with Gasteiger partial charge in [0, 0.05) is 11.4 Å². The van der Waals surface area contributed by atoms with Crippen molar-refractivity contribution in [2.75, 3.05) is 6.54 Å². The van der Waals surface area contributed by atoms with Crippen molar-refractivity contribution in [3.8, 4) is 0 Å². The van der Waals surface area contributed by atoms with Gasteiger partial charge in [-0.15, -0.1) is 0 Å². The van der Waals surface area contributed by atoms with E-state index >= 15 is 0 Å². The van der Waals surface area contributed by atoms with Crippen molar-refractivity contribution in [3.63, 3.8) is 0 Å². The topological polar surface area (TPSA) is 126 Å². The van der Waals surface area contributed by atoms with E-state index in [4.69, 9.17) is 4.74 Å². The molecular formula is C25H32N4O5S. The fourth-order valence-electron chi connectivity index (χ4n) is 3.74. The Morgan fingerprint density at radius 3 is 2.71 bits per heavy atom. The third kappa shape index (κ3) is 8.47. The Balaban J connectivity index is 1.66. The molecule has 9 nitrogen and oxygen atoms in total. The number of hydrogen-bond acceptors (Lipinski definition) is 7. The van der Waals surface area contributed by atoms with Crippen LogP contribution in [0.15, 0.2) is 36.4 Å². The van der Waals surface area contributed by atoms with E-state index in [1.54, 1.807) is 0 Å². The number of aryl methyl sites for hydroxylation is 2. The number of aromatic nitrogens is 1. The van der Waals surface area contributed by atoms with Crippen molar-refractivity contribution in [1.82, 2.24) is 20.3 Å². The number of benzene rings is 1. The Morgan fingerprint density at radius 2 is 1.97 bits per heavy atom. The van der Waals surface area contributed by atoms with Gasteiger partial charge < -0.3 is 20.7 Å². The quantitative estimate of drug-likeness (QED) is 0.502. The Morgan fingerprint density at radius 1 is 1.20 bits per heavy atom. The van der Waals surface area contributed by atoms with Crippen molar-refractivity contribution >= 4 is 35.2 Å². The number of amides is 3. The van der Waals surface area contributed by atoms with Crippen LogP contribution in [0.2, 0.25) is 0 Å². The van der Waals surface area contributed by atoms with E-state index in [1.165, 1.54) is 11.5 Å². The minimum atomic E-state index is -1.02. The number of ether oxygens (including phenoxy) is 1. The van der Waals surface area contributed by atoms with Crippen LogP contribution in [-0.4, -0.2) is 46.7 Å². The van der Waals surface area contributed by atoms with E-state index in [0.717, 1.165) is 22.6 Å². The maximum absolute atomic E-state index is 13.1. The lowest BCUT2D eigenvalue weighted by molar-refractivity contribution is -0.140. The molecule has 2 atom stereocenters. The number of carbonyl (C=O) groups is 4. The predicted octanol–water partition coefficient (Wildman–Crippen LogP) is 2.53. The first-order valence-electron chi connectivity index (χ1n) is 11.9. The number of nitrogens with zero attached hydrogens (tertiary/aromatic N) is 1. The molecule has 0 saturated carbocycles. The zero-order chi connectivity index (χ0) is 25.2. The van der Waals surface area contributed by atoms with Gasteiger partial charge in [0.15, 0.2) is 0 Å². The number of rotatable bonds is 7. The standard InChI is InChI=1S/C25H32N4O5S/c1-16(2)13-21(28-25(33)34-15-17-7-4-3-5-8-17)23(31)27-20-11-10-18-14-19(35-29-18)9-6-12-26-24(32)22(20)30/h3-5,7-8,14,16,20-21H,6,9-13,15H2,1-2H3,(H,26,32)(H,27,31)(H,28,33). The molecule has 1 aromatic carbocycles. The summed E-state index contributed by atoms with van der Waals surface area (Å²) in [6.45, 7) is 4.28. The zero-order valence-electron chi connectivity index (χ0n) is 20.0. The Labute approximate surface area is 209 Å². The number of alkyl carbamates (subject to hydrolysis) is 1. The van der Waals surface area contributed by atoms with Crippen LogP contribution in [0.4, 0.5) is 4.79 Å². The maximum atomic E-state index is 13.1. The summed E-state index contributed by atoms with van der Waals surface area (Å²) < 4.78 is 9.68. The smallest absolute Gasteiger partial charge is 0.408 e. The second kappa shape index (κ2) is 13.0. The van der Waals surface area contributed by atoms with Crippen LogP contribution in [0.25, 0.3) is 0 Å². The number of ketones is 1. The van der Waals surface area contributed by atoms with Gasteiger partial charge in [0.25, 0.3) is 5.91 Å².